The number of Topliss-reactive ketones (excluding diaryl/α,β-unsaturated/α-hetero) is 1. The fraction of sp³-hybridized carbons (Fsp3) is 0.714. The Morgan fingerprint density at radius 2 is 2.08 bits per heavy atom. The van der Waals surface area contributed by atoms with Crippen molar-refractivity contribution in [3.05, 3.63) is 23.8 Å². The first kappa shape index (κ1) is 18.1. The van der Waals surface area contributed by atoms with E-state index in [1.165, 1.54) is 0 Å². The third-order valence-electron chi connectivity index (χ3n) is 8.23. The molecule has 6 unspecified atom stereocenters. The second-order valence-corrected chi connectivity index (χ2v) is 9.17. The molecular formula is C21H27FO4. The molecule has 4 nitrogen and oxygen atoms in total. The van der Waals surface area contributed by atoms with Crippen molar-refractivity contribution in [1.29, 1.82) is 0 Å². The van der Waals surface area contributed by atoms with E-state index < -0.39 is 29.6 Å². The minimum absolute atomic E-state index is 0.00477. The monoisotopic (exact) mass is 362 g/mol. The lowest BCUT2D eigenvalue weighted by Crippen LogP contribution is -2.61. The van der Waals surface area contributed by atoms with E-state index in [1.54, 1.807) is 12.2 Å². The molecule has 7 atom stereocenters. The third kappa shape index (κ3) is 2.07. The summed E-state index contributed by atoms with van der Waals surface area (Å²) in [6, 6.07) is 0. The fourth-order valence-corrected chi connectivity index (χ4v) is 6.90. The summed E-state index contributed by atoms with van der Waals surface area (Å²) >= 11 is 0. The number of ketones is 2. The number of carbonyl (C=O) groups is 2. The minimum Gasteiger partial charge on any atom is -0.393 e. The lowest BCUT2D eigenvalue weighted by Gasteiger charge is -2.59. The summed E-state index contributed by atoms with van der Waals surface area (Å²) in [5.41, 5.74) is -1.79. The molecular weight excluding hydrogens is 335 g/mol. The van der Waals surface area contributed by atoms with Crippen LogP contribution in [0.1, 0.15) is 46.0 Å². The highest BCUT2D eigenvalue weighted by Gasteiger charge is 2.68. The molecule has 0 aliphatic heterocycles. The Morgan fingerprint density at radius 1 is 1.35 bits per heavy atom. The van der Waals surface area contributed by atoms with Gasteiger partial charge < -0.3 is 10.2 Å². The lowest BCUT2D eigenvalue weighted by atomic mass is 9.46. The number of rotatable bonds is 2. The van der Waals surface area contributed by atoms with Crippen molar-refractivity contribution in [2.24, 2.45) is 28.6 Å². The van der Waals surface area contributed by atoms with E-state index >= 15 is 0 Å². The largest absolute Gasteiger partial charge is 0.393 e. The van der Waals surface area contributed by atoms with Gasteiger partial charge in [0, 0.05) is 16.7 Å². The molecule has 4 rings (SSSR count). The minimum atomic E-state index is -1.69. The molecule has 4 aliphatic carbocycles. The molecule has 0 saturated heterocycles. The number of halogens is 1. The highest BCUT2D eigenvalue weighted by Crippen LogP contribution is 2.67. The van der Waals surface area contributed by atoms with Crippen molar-refractivity contribution < 1.29 is 24.2 Å². The molecule has 0 amide bonds. The molecule has 0 spiro atoms. The Morgan fingerprint density at radius 3 is 2.77 bits per heavy atom. The third-order valence-corrected chi connectivity index (χ3v) is 8.23. The van der Waals surface area contributed by atoms with Gasteiger partial charge in [0.15, 0.2) is 18.2 Å². The maximum atomic E-state index is 13.1. The van der Waals surface area contributed by atoms with Crippen LogP contribution in [0.3, 0.4) is 0 Å². The van der Waals surface area contributed by atoms with E-state index in [2.05, 4.69) is 6.92 Å². The Kier molecular flexibility index (Phi) is 3.88. The van der Waals surface area contributed by atoms with Gasteiger partial charge in [0.2, 0.25) is 0 Å². The van der Waals surface area contributed by atoms with Crippen LogP contribution in [-0.4, -0.2) is 40.2 Å². The van der Waals surface area contributed by atoms with Crippen LogP contribution in [0.5, 0.6) is 0 Å². The quantitative estimate of drug-likeness (QED) is 0.792. The van der Waals surface area contributed by atoms with Gasteiger partial charge in [0.05, 0.1) is 6.10 Å². The summed E-state index contributed by atoms with van der Waals surface area (Å²) in [4.78, 5) is 24.0. The molecule has 0 aromatic carbocycles. The first-order valence-corrected chi connectivity index (χ1v) is 9.61. The number of aliphatic hydroxyl groups excluding tert-OH is 1. The zero-order valence-electron chi connectivity index (χ0n) is 15.4. The summed E-state index contributed by atoms with van der Waals surface area (Å²) in [6.07, 6.45) is 7.34. The molecule has 3 fully saturated rings. The first-order valence-electron chi connectivity index (χ1n) is 9.61. The maximum absolute atomic E-state index is 13.1. The summed E-state index contributed by atoms with van der Waals surface area (Å²) in [6.45, 7) is 2.77. The highest BCUT2D eigenvalue weighted by molar-refractivity contribution is 6.01. The van der Waals surface area contributed by atoms with Gasteiger partial charge in [0.1, 0.15) is 5.60 Å². The van der Waals surface area contributed by atoms with Crippen molar-refractivity contribution in [3.8, 4) is 0 Å². The number of hydrogen-bond donors (Lipinski definition) is 2. The molecule has 26 heavy (non-hydrogen) atoms. The average molecular weight is 362 g/mol. The summed E-state index contributed by atoms with van der Waals surface area (Å²) in [5, 5.41) is 22.2. The van der Waals surface area contributed by atoms with Gasteiger partial charge in [-0.05, 0) is 56.1 Å². The normalized spacial score (nSPS) is 49.9. The molecule has 0 aromatic heterocycles. The Bertz CT molecular complexity index is 728. The van der Waals surface area contributed by atoms with Crippen molar-refractivity contribution >= 4 is 11.6 Å². The number of allylic oxidation sites excluding steroid dienone is 4. The van der Waals surface area contributed by atoms with Crippen LogP contribution in [-0.2, 0) is 9.59 Å². The molecule has 2 N–H and O–H groups in total. The van der Waals surface area contributed by atoms with E-state index in [-0.39, 0.29) is 41.8 Å². The second kappa shape index (κ2) is 5.59. The topological polar surface area (TPSA) is 74.6 Å². The van der Waals surface area contributed by atoms with Gasteiger partial charge in [-0.2, -0.15) is 0 Å². The van der Waals surface area contributed by atoms with E-state index in [4.69, 9.17) is 0 Å². The number of aliphatic hydroxyl groups is 2. The Hall–Kier alpha value is -1.33. The van der Waals surface area contributed by atoms with Gasteiger partial charge in [-0.3, -0.25) is 9.59 Å². The van der Waals surface area contributed by atoms with Crippen molar-refractivity contribution in [3.63, 3.8) is 0 Å². The molecule has 0 aromatic rings. The molecule has 4 aliphatic rings. The van der Waals surface area contributed by atoms with Gasteiger partial charge in [-0.15, -0.1) is 0 Å². The summed E-state index contributed by atoms with van der Waals surface area (Å²) in [5.74, 6) is -0.590. The van der Waals surface area contributed by atoms with Crippen LogP contribution in [0.25, 0.3) is 0 Å². The van der Waals surface area contributed by atoms with E-state index in [1.807, 2.05) is 13.0 Å². The average Bonchev–Trinajstić information content (AvgIpc) is 2.86. The SMILES string of the molecule is CC12C=CC(=O)C=C1CCC1C2C(O)CC2(C)C1CC[C@]2(O)C(=O)CF. The van der Waals surface area contributed by atoms with Crippen molar-refractivity contribution in [1.82, 2.24) is 0 Å². The zero-order chi connectivity index (χ0) is 18.9. The maximum Gasteiger partial charge on any atom is 0.195 e. The van der Waals surface area contributed by atoms with Crippen molar-refractivity contribution in [2.45, 2.75) is 57.7 Å². The molecule has 0 radical (unpaired) electrons. The predicted molar refractivity (Wildman–Crippen MR) is 93.9 cm³/mol. The van der Waals surface area contributed by atoms with Crippen LogP contribution in [0.15, 0.2) is 23.8 Å². The van der Waals surface area contributed by atoms with Gasteiger partial charge >= 0.3 is 0 Å². The highest BCUT2D eigenvalue weighted by atomic mass is 19.1. The van der Waals surface area contributed by atoms with Crippen LogP contribution in [0, 0.1) is 28.6 Å². The number of carbonyl (C=O) groups excluding carboxylic acids is 2. The first-order chi connectivity index (χ1) is 12.2. The molecule has 142 valence electrons. The molecule has 3 saturated carbocycles. The van der Waals surface area contributed by atoms with Crippen molar-refractivity contribution in [2.75, 3.05) is 6.67 Å². The van der Waals surface area contributed by atoms with Gasteiger partial charge in [-0.1, -0.05) is 25.5 Å². The molecule has 0 bridgehead atoms. The summed E-state index contributed by atoms with van der Waals surface area (Å²) < 4.78 is 13.1. The van der Waals surface area contributed by atoms with Crippen LogP contribution in [0.2, 0.25) is 0 Å². The van der Waals surface area contributed by atoms with E-state index in [0.29, 0.717) is 6.42 Å². The van der Waals surface area contributed by atoms with Crippen LogP contribution in [0.4, 0.5) is 4.39 Å². The van der Waals surface area contributed by atoms with Crippen LogP contribution < -0.4 is 0 Å². The summed E-state index contributed by atoms with van der Waals surface area (Å²) in [7, 11) is 0. The Balaban J connectivity index is 1.75. The standard InChI is InChI=1S/C21H27FO4/c1-19-7-5-13(23)9-12(19)3-4-14-15-6-8-21(26,17(25)11-22)20(15,2)10-16(24)18(14)19/h5,7,9,14-16,18,24,26H,3-4,6,8,10-11H2,1-2H3/t14?,15?,16?,18?,19?,20?,21-/m0/s1. The van der Waals surface area contributed by atoms with E-state index in [0.717, 1.165) is 18.4 Å². The van der Waals surface area contributed by atoms with Crippen LogP contribution >= 0.6 is 0 Å². The predicted octanol–water partition coefficient (Wildman–Crippen LogP) is 2.53. The number of alkyl halides is 1. The second-order valence-electron chi connectivity index (χ2n) is 9.17. The number of fused-ring (bicyclic) bond motifs is 5. The van der Waals surface area contributed by atoms with Gasteiger partial charge in [0.25, 0.3) is 0 Å². The zero-order valence-corrected chi connectivity index (χ0v) is 15.4. The lowest BCUT2D eigenvalue weighted by molar-refractivity contribution is -0.177. The smallest absolute Gasteiger partial charge is 0.195 e. The molecule has 0 heterocycles. The van der Waals surface area contributed by atoms with Gasteiger partial charge in [-0.25, -0.2) is 4.39 Å². The fourth-order valence-electron chi connectivity index (χ4n) is 6.90. The number of hydrogen-bond acceptors (Lipinski definition) is 4. The Labute approximate surface area is 153 Å². The molecule has 5 heteroatoms. The van der Waals surface area contributed by atoms with E-state index in [9.17, 15) is 24.2 Å².